The van der Waals surface area contributed by atoms with Crippen LogP contribution in [0.4, 0.5) is 0 Å². The molecule has 0 saturated carbocycles. The number of ketones is 3. The van der Waals surface area contributed by atoms with Crippen LogP contribution in [-0.2, 0) is 13.0 Å². The predicted octanol–water partition coefficient (Wildman–Crippen LogP) is 5.28. The zero-order valence-corrected chi connectivity index (χ0v) is 18.8. The molecule has 5 rings (SSSR count). The van der Waals surface area contributed by atoms with Crippen LogP contribution in [0.2, 0.25) is 0 Å². The third kappa shape index (κ3) is 4.02. The Bertz CT molecular complexity index is 1480. The number of benzene rings is 3. The molecule has 0 unspecified atom stereocenters. The summed E-state index contributed by atoms with van der Waals surface area (Å²) in [7, 11) is 0. The summed E-state index contributed by atoms with van der Waals surface area (Å²) in [4.78, 5) is 42.5. The van der Waals surface area contributed by atoms with Crippen molar-refractivity contribution in [2.75, 3.05) is 0 Å². The SMILES string of the molecule is O=C(Cc1cccc2ncccc12)c1ccc(CNC2=C(Cl)C(=O)c3ccccc3C2=O)cc1. The van der Waals surface area contributed by atoms with Gasteiger partial charge in [0, 0.05) is 41.2 Å². The number of halogens is 1. The lowest BCUT2D eigenvalue weighted by Crippen LogP contribution is -2.28. The van der Waals surface area contributed by atoms with Gasteiger partial charge in [0.25, 0.3) is 0 Å². The van der Waals surface area contributed by atoms with Gasteiger partial charge in [0.2, 0.25) is 11.6 Å². The van der Waals surface area contributed by atoms with E-state index in [0.717, 1.165) is 22.0 Å². The second-order valence-corrected chi connectivity index (χ2v) is 8.41. The molecule has 5 nitrogen and oxygen atoms in total. The molecule has 1 heterocycles. The summed E-state index contributed by atoms with van der Waals surface area (Å²) in [5.41, 5.74) is 3.98. The zero-order chi connectivity index (χ0) is 23.7. The van der Waals surface area contributed by atoms with E-state index in [0.29, 0.717) is 16.7 Å². The molecule has 1 aliphatic rings. The van der Waals surface area contributed by atoms with Crippen LogP contribution >= 0.6 is 11.6 Å². The van der Waals surface area contributed by atoms with Gasteiger partial charge in [0.15, 0.2) is 5.78 Å². The summed E-state index contributed by atoms with van der Waals surface area (Å²) in [6, 6.07) is 23.4. The quantitative estimate of drug-likeness (QED) is 0.391. The first-order valence-electron chi connectivity index (χ1n) is 10.8. The minimum Gasteiger partial charge on any atom is -0.376 e. The van der Waals surface area contributed by atoms with Crippen molar-refractivity contribution in [1.82, 2.24) is 10.3 Å². The Morgan fingerprint density at radius 2 is 1.56 bits per heavy atom. The van der Waals surface area contributed by atoms with E-state index in [4.69, 9.17) is 11.6 Å². The van der Waals surface area contributed by atoms with Crippen molar-refractivity contribution in [2.45, 2.75) is 13.0 Å². The number of pyridine rings is 1. The van der Waals surface area contributed by atoms with E-state index in [-0.39, 0.29) is 41.0 Å². The second-order valence-electron chi connectivity index (χ2n) is 8.03. The van der Waals surface area contributed by atoms with Crippen LogP contribution < -0.4 is 5.32 Å². The monoisotopic (exact) mass is 466 g/mol. The first-order chi connectivity index (χ1) is 16.5. The zero-order valence-electron chi connectivity index (χ0n) is 18.0. The Balaban J connectivity index is 1.28. The molecule has 3 aromatic carbocycles. The van der Waals surface area contributed by atoms with Crippen LogP contribution in [-0.4, -0.2) is 22.3 Å². The Morgan fingerprint density at radius 1 is 0.824 bits per heavy atom. The molecule has 34 heavy (non-hydrogen) atoms. The molecular formula is C28H19ClN2O3. The minimum atomic E-state index is -0.371. The van der Waals surface area contributed by atoms with Crippen molar-refractivity contribution >= 4 is 39.9 Å². The molecule has 1 aromatic heterocycles. The summed E-state index contributed by atoms with van der Waals surface area (Å²) in [5.74, 6) is -0.674. The molecule has 166 valence electrons. The highest BCUT2D eigenvalue weighted by atomic mass is 35.5. The van der Waals surface area contributed by atoms with Gasteiger partial charge in [-0.05, 0) is 23.3 Å². The number of aromatic nitrogens is 1. The number of hydrogen-bond acceptors (Lipinski definition) is 5. The van der Waals surface area contributed by atoms with Crippen LogP contribution in [0.1, 0.15) is 42.2 Å². The summed E-state index contributed by atoms with van der Waals surface area (Å²) >= 11 is 6.20. The van der Waals surface area contributed by atoms with Gasteiger partial charge in [-0.2, -0.15) is 0 Å². The van der Waals surface area contributed by atoms with Gasteiger partial charge < -0.3 is 5.32 Å². The van der Waals surface area contributed by atoms with Crippen molar-refractivity contribution in [3.63, 3.8) is 0 Å². The number of carbonyl (C=O) groups excluding carboxylic acids is 3. The van der Waals surface area contributed by atoms with Crippen LogP contribution in [0.5, 0.6) is 0 Å². The first-order valence-corrected chi connectivity index (χ1v) is 11.2. The molecule has 0 radical (unpaired) electrons. The van der Waals surface area contributed by atoms with E-state index in [1.165, 1.54) is 0 Å². The smallest absolute Gasteiger partial charge is 0.211 e. The van der Waals surface area contributed by atoms with Gasteiger partial charge in [-0.25, -0.2) is 0 Å². The number of Topliss-reactive ketones (excluding diaryl/α,β-unsaturated/α-hetero) is 3. The molecular weight excluding hydrogens is 448 g/mol. The third-order valence-corrected chi connectivity index (χ3v) is 6.26. The maximum atomic E-state index is 12.9. The van der Waals surface area contributed by atoms with Gasteiger partial charge in [-0.1, -0.05) is 78.3 Å². The highest BCUT2D eigenvalue weighted by Crippen LogP contribution is 2.27. The van der Waals surface area contributed by atoms with Crippen LogP contribution in [0.3, 0.4) is 0 Å². The Labute approximate surface area is 201 Å². The van der Waals surface area contributed by atoms with E-state index in [1.807, 2.05) is 42.5 Å². The van der Waals surface area contributed by atoms with E-state index in [2.05, 4.69) is 10.3 Å². The normalized spacial score (nSPS) is 13.2. The molecule has 4 aromatic rings. The number of allylic oxidation sites excluding steroid dienone is 2. The maximum Gasteiger partial charge on any atom is 0.211 e. The third-order valence-electron chi connectivity index (χ3n) is 5.89. The van der Waals surface area contributed by atoms with E-state index in [9.17, 15) is 14.4 Å². The first kappa shape index (κ1) is 21.7. The summed E-state index contributed by atoms with van der Waals surface area (Å²) in [5, 5.41) is 3.86. The Morgan fingerprint density at radius 3 is 2.32 bits per heavy atom. The summed E-state index contributed by atoms with van der Waals surface area (Å²) in [6.07, 6.45) is 2.01. The number of rotatable bonds is 6. The van der Waals surface area contributed by atoms with E-state index >= 15 is 0 Å². The fourth-order valence-electron chi connectivity index (χ4n) is 4.10. The average molecular weight is 467 g/mol. The highest BCUT2D eigenvalue weighted by Gasteiger charge is 2.30. The number of carbonyl (C=O) groups is 3. The fraction of sp³-hybridized carbons (Fsp3) is 0.0714. The van der Waals surface area contributed by atoms with Crippen molar-refractivity contribution < 1.29 is 14.4 Å². The molecule has 0 saturated heterocycles. The topological polar surface area (TPSA) is 76.1 Å². The molecule has 0 aliphatic heterocycles. The van der Waals surface area contributed by atoms with E-state index in [1.54, 1.807) is 42.6 Å². The number of nitrogens with one attached hydrogen (secondary N) is 1. The summed E-state index contributed by atoms with van der Waals surface area (Å²) in [6.45, 7) is 0.288. The number of hydrogen-bond donors (Lipinski definition) is 1. The molecule has 0 fully saturated rings. The lowest BCUT2D eigenvalue weighted by Gasteiger charge is -2.19. The van der Waals surface area contributed by atoms with Crippen molar-refractivity contribution in [3.05, 3.63) is 124 Å². The maximum absolute atomic E-state index is 12.9. The highest BCUT2D eigenvalue weighted by molar-refractivity contribution is 6.49. The molecule has 0 atom stereocenters. The standard InChI is InChI=1S/C28H19ClN2O3/c29-25-26(28(34)22-7-2-1-6-21(22)27(25)33)31-16-17-10-12-18(13-11-17)24(32)15-19-5-3-9-23-20(19)8-4-14-30-23/h1-14,31H,15-16H2. The molecule has 6 heteroatoms. The van der Waals surface area contributed by atoms with Gasteiger partial charge in [0.1, 0.15) is 10.7 Å². The van der Waals surface area contributed by atoms with Crippen LogP contribution in [0.25, 0.3) is 10.9 Å². The summed E-state index contributed by atoms with van der Waals surface area (Å²) < 4.78 is 0. The van der Waals surface area contributed by atoms with Crippen LogP contribution in [0.15, 0.2) is 95.8 Å². The van der Waals surface area contributed by atoms with Crippen molar-refractivity contribution in [2.24, 2.45) is 0 Å². The largest absolute Gasteiger partial charge is 0.376 e. The number of fused-ring (bicyclic) bond motifs is 2. The van der Waals surface area contributed by atoms with Crippen molar-refractivity contribution in [1.29, 1.82) is 0 Å². The Kier molecular flexibility index (Phi) is 5.78. The second kappa shape index (κ2) is 9.04. The predicted molar refractivity (Wildman–Crippen MR) is 131 cm³/mol. The van der Waals surface area contributed by atoms with Gasteiger partial charge in [0.05, 0.1) is 5.52 Å². The molecule has 0 spiro atoms. The number of nitrogens with zero attached hydrogens (tertiary/aromatic N) is 1. The van der Waals surface area contributed by atoms with Crippen molar-refractivity contribution in [3.8, 4) is 0 Å². The molecule has 0 bridgehead atoms. The van der Waals surface area contributed by atoms with Gasteiger partial charge >= 0.3 is 0 Å². The van der Waals surface area contributed by atoms with Gasteiger partial charge in [-0.3, -0.25) is 19.4 Å². The average Bonchev–Trinajstić information content (AvgIpc) is 2.88. The van der Waals surface area contributed by atoms with Crippen LogP contribution in [0, 0.1) is 0 Å². The fourth-order valence-corrected chi connectivity index (χ4v) is 4.35. The molecule has 1 aliphatic carbocycles. The van der Waals surface area contributed by atoms with Gasteiger partial charge in [-0.15, -0.1) is 0 Å². The lowest BCUT2D eigenvalue weighted by molar-refractivity contribution is 0.0974. The lowest BCUT2D eigenvalue weighted by atomic mass is 9.92. The molecule has 1 N–H and O–H groups in total. The molecule has 0 amide bonds. The Hall–Kier alpha value is -4.09. The minimum absolute atomic E-state index is 0.00581. The van der Waals surface area contributed by atoms with E-state index < -0.39 is 0 Å².